The van der Waals surface area contributed by atoms with E-state index < -0.39 is 52.2 Å². The number of ketones is 3. The first kappa shape index (κ1) is 27.3. The highest BCUT2D eigenvalue weighted by atomic mass is 16.3. The molecule has 1 aromatic carbocycles. The number of aromatic hydroxyl groups is 1. The summed E-state index contributed by atoms with van der Waals surface area (Å²) in [5.41, 5.74) is -2.70. The second kappa shape index (κ2) is 8.85. The summed E-state index contributed by atoms with van der Waals surface area (Å²) in [5.74, 6) is -5.49. The molecule has 5 rings (SSSR count). The van der Waals surface area contributed by atoms with E-state index in [0.29, 0.717) is 17.6 Å². The summed E-state index contributed by atoms with van der Waals surface area (Å²) in [7, 11) is 0. The zero-order chi connectivity index (χ0) is 28.8. The van der Waals surface area contributed by atoms with Gasteiger partial charge in [0.1, 0.15) is 16.9 Å². The number of aliphatic hydroxyl groups is 1. The van der Waals surface area contributed by atoms with Crippen molar-refractivity contribution >= 4 is 23.3 Å². The zero-order valence-corrected chi connectivity index (χ0v) is 23.6. The quantitative estimate of drug-likeness (QED) is 0.483. The van der Waals surface area contributed by atoms with Crippen molar-refractivity contribution in [2.75, 3.05) is 0 Å². The normalized spacial score (nSPS) is 35.7. The van der Waals surface area contributed by atoms with E-state index >= 15 is 0 Å². The molecule has 1 saturated carbocycles. The molecule has 4 aliphatic rings. The molecule has 1 saturated heterocycles. The third kappa shape index (κ3) is 3.45. The van der Waals surface area contributed by atoms with Crippen LogP contribution in [0.4, 0.5) is 0 Å². The Balaban J connectivity index is 1.92. The average Bonchev–Trinajstić information content (AvgIpc) is 3.24. The van der Waals surface area contributed by atoms with Crippen LogP contribution in [0.25, 0.3) is 0 Å². The molecule has 1 aliphatic heterocycles. The van der Waals surface area contributed by atoms with Crippen molar-refractivity contribution in [3.63, 3.8) is 0 Å². The molecule has 0 radical (unpaired) electrons. The van der Waals surface area contributed by atoms with Crippen molar-refractivity contribution in [3.05, 3.63) is 63.8 Å². The second-order valence-electron chi connectivity index (χ2n) is 12.5. The number of phenolic OH excluding ortho intramolecular Hbond substituents is 1. The largest absolute Gasteiger partial charge is 0.507 e. The van der Waals surface area contributed by atoms with Gasteiger partial charge in [0.15, 0.2) is 17.3 Å². The molecule has 3 aliphatic carbocycles. The molecule has 1 aromatic rings. The van der Waals surface area contributed by atoms with Crippen LogP contribution in [-0.4, -0.2) is 44.6 Å². The minimum atomic E-state index is -1.77. The Labute approximate surface area is 229 Å². The molecule has 1 heterocycles. The van der Waals surface area contributed by atoms with Gasteiger partial charge in [0.25, 0.3) is 0 Å². The van der Waals surface area contributed by atoms with E-state index in [-0.39, 0.29) is 45.7 Å². The number of rotatable bonds is 2. The summed E-state index contributed by atoms with van der Waals surface area (Å²) < 4.78 is 0. The summed E-state index contributed by atoms with van der Waals surface area (Å²) >= 11 is 0. The van der Waals surface area contributed by atoms with E-state index in [0.717, 1.165) is 0 Å². The molecule has 2 bridgehead atoms. The van der Waals surface area contributed by atoms with Gasteiger partial charge in [-0.2, -0.15) is 0 Å². The molecule has 1 amide bonds. The fourth-order valence-electron chi connectivity index (χ4n) is 7.91. The third-order valence-corrected chi connectivity index (χ3v) is 9.59. The number of benzene rings is 1. The Bertz CT molecular complexity index is 1430. The number of carbonyl (C=O) groups is 4. The Morgan fingerprint density at radius 2 is 1.72 bits per heavy atom. The van der Waals surface area contributed by atoms with E-state index in [4.69, 9.17) is 0 Å². The number of Topliss-reactive ketones (excluding diaryl/α,β-unsaturated/α-hetero) is 3. The van der Waals surface area contributed by atoms with Crippen molar-refractivity contribution in [3.8, 4) is 5.75 Å². The number of allylic oxidation sites excluding steroid dienone is 5. The molecule has 7 unspecified atom stereocenters. The summed E-state index contributed by atoms with van der Waals surface area (Å²) in [4.78, 5) is 56.6. The number of hydrogen-bond acceptors (Lipinski definition) is 6. The van der Waals surface area contributed by atoms with Crippen LogP contribution in [0.15, 0.2) is 41.5 Å². The Hall–Kier alpha value is -3.32. The Kier molecular flexibility index (Phi) is 6.18. The summed E-state index contributed by atoms with van der Waals surface area (Å²) in [6.07, 6.45) is 7.63. The van der Waals surface area contributed by atoms with Gasteiger partial charge in [0.05, 0.1) is 11.5 Å². The monoisotopic (exact) mass is 531 g/mol. The van der Waals surface area contributed by atoms with E-state index in [2.05, 4.69) is 5.32 Å². The fraction of sp³-hybridized carbons (Fsp3) is 0.500. The van der Waals surface area contributed by atoms with Crippen LogP contribution in [0.5, 0.6) is 5.75 Å². The van der Waals surface area contributed by atoms with Crippen LogP contribution in [0, 0.1) is 42.4 Å². The lowest BCUT2D eigenvalue weighted by molar-refractivity contribution is -0.125. The number of hydrogen-bond donors (Lipinski definition) is 3. The van der Waals surface area contributed by atoms with Gasteiger partial charge in [0, 0.05) is 23.0 Å². The number of amides is 1. The molecule has 2 fully saturated rings. The van der Waals surface area contributed by atoms with Crippen molar-refractivity contribution in [2.45, 2.75) is 66.0 Å². The minimum absolute atomic E-state index is 0.00932. The molecule has 206 valence electrons. The standard InChI is InChI=1S/C32H37NO6/c1-14(2)11-21-24-19(7)32(39)18(6)12-15(3)9-8-10-16(4)25(34)23-22-20(13-17(5)26(23)35)29(37)31(24,33-30(21)38)28(32)27(22)36/h8-10,12-15,19,21,24,28,35,39H,11H2,1-7H3,(H,33,38). The smallest absolute Gasteiger partial charge is 0.224 e. The highest BCUT2D eigenvalue weighted by molar-refractivity contribution is 6.28. The van der Waals surface area contributed by atoms with Crippen LogP contribution >= 0.6 is 0 Å². The zero-order valence-electron chi connectivity index (χ0n) is 23.6. The van der Waals surface area contributed by atoms with Gasteiger partial charge in [-0.1, -0.05) is 52.0 Å². The van der Waals surface area contributed by atoms with Crippen LogP contribution in [0.2, 0.25) is 0 Å². The lowest BCUT2D eigenvalue weighted by Crippen LogP contribution is -2.64. The second-order valence-corrected chi connectivity index (χ2v) is 12.5. The summed E-state index contributed by atoms with van der Waals surface area (Å²) in [6, 6.07) is 1.44. The highest BCUT2D eigenvalue weighted by Gasteiger charge is 2.78. The number of aryl methyl sites for hydroxylation is 1. The SMILES string of the molecule is CC1=CC=CC(C)C=C(C)C2(O)C(C)C3C(CC(C)C)C(=O)NC34C(=O)c3cc(C)c(O)c(c3C(=O)C24)C1=O. The number of nitrogens with one attached hydrogen (secondary N) is 1. The lowest BCUT2D eigenvalue weighted by atomic mass is 9.62. The van der Waals surface area contributed by atoms with Crippen LogP contribution in [0.1, 0.15) is 84.6 Å². The number of phenols is 1. The first-order valence-corrected chi connectivity index (χ1v) is 13.8. The summed E-state index contributed by atoms with van der Waals surface area (Å²) in [6.45, 7) is 12.7. The molecule has 7 nitrogen and oxygen atoms in total. The van der Waals surface area contributed by atoms with Crippen molar-refractivity contribution < 1.29 is 29.4 Å². The molecule has 7 heteroatoms. The van der Waals surface area contributed by atoms with Crippen LogP contribution in [0.3, 0.4) is 0 Å². The van der Waals surface area contributed by atoms with Crippen molar-refractivity contribution in [1.82, 2.24) is 5.32 Å². The van der Waals surface area contributed by atoms with E-state index in [1.54, 1.807) is 32.9 Å². The predicted molar refractivity (Wildman–Crippen MR) is 147 cm³/mol. The van der Waals surface area contributed by atoms with Gasteiger partial charge < -0.3 is 15.5 Å². The number of carbonyl (C=O) groups excluding carboxylic acids is 4. The maximum Gasteiger partial charge on any atom is 0.224 e. The molecule has 39 heavy (non-hydrogen) atoms. The molecular formula is C32H37NO6. The maximum atomic E-state index is 14.7. The van der Waals surface area contributed by atoms with Gasteiger partial charge in [-0.3, -0.25) is 19.2 Å². The van der Waals surface area contributed by atoms with Crippen molar-refractivity contribution in [1.29, 1.82) is 0 Å². The molecular weight excluding hydrogens is 494 g/mol. The Morgan fingerprint density at radius 1 is 1.05 bits per heavy atom. The average molecular weight is 532 g/mol. The topological polar surface area (TPSA) is 121 Å². The molecule has 1 spiro atoms. The molecule has 3 N–H and O–H groups in total. The minimum Gasteiger partial charge on any atom is -0.507 e. The van der Waals surface area contributed by atoms with Crippen LogP contribution < -0.4 is 5.32 Å². The lowest BCUT2D eigenvalue weighted by Gasteiger charge is -2.43. The Morgan fingerprint density at radius 3 is 2.36 bits per heavy atom. The van der Waals surface area contributed by atoms with Crippen molar-refractivity contribution in [2.24, 2.45) is 35.5 Å². The highest BCUT2D eigenvalue weighted by Crippen LogP contribution is 2.63. The summed E-state index contributed by atoms with van der Waals surface area (Å²) in [5, 5.41) is 26.7. The van der Waals surface area contributed by atoms with E-state index in [9.17, 15) is 29.4 Å². The van der Waals surface area contributed by atoms with E-state index in [1.165, 1.54) is 6.07 Å². The first-order valence-electron chi connectivity index (χ1n) is 13.8. The van der Waals surface area contributed by atoms with E-state index in [1.807, 2.05) is 39.8 Å². The molecule has 0 aromatic heterocycles. The van der Waals surface area contributed by atoms with Gasteiger partial charge in [-0.05, 0) is 67.7 Å². The molecule has 7 atom stereocenters. The maximum absolute atomic E-state index is 14.7. The fourth-order valence-corrected chi connectivity index (χ4v) is 7.91. The predicted octanol–water partition coefficient (Wildman–Crippen LogP) is 4.50. The van der Waals surface area contributed by atoms with Crippen LogP contribution in [-0.2, 0) is 4.79 Å². The van der Waals surface area contributed by atoms with Gasteiger partial charge in [-0.15, -0.1) is 0 Å². The van der Waals surface area contributed by atoms with Gasteiger partial charge >= 0.3 is 0 Å². The van der Waals surface area contributed by atoms with Gasteiger partial charge in [-0.25, -0.2) is 0 Å². The third-order valence-electron chi connectivity index (χ3n) is 9.59. The van der Waals surface area contributed by atoms with Gasteiger partial charge in [0.2, 0.25) is 5.91 Å². The first-order chi connectivity index (χ1) is 18.2.